The zero-order valence-electron chi connectivity index (χ0n) is 17.2. The maximum atomic E-state index is 12.9. The third-order valence-electron chi connectivity index (χ3n) is 6.07. The van der Waals surface area contributed by atoms with Crippen molar-refractivity contribution in [3.8, 4) is 0 Å². The normalized spacial score (nSPS) is 28.0. The van der Waals surface area contributed by atoms with Gasteiger partial charge in [0.05, 0.1) is 11.6 Å². The summed E-state index contributed by atoms with van der Waals surface area (Å²) in [6.45, 7) is 2.66. The predicted octanol–water partition coefficient (Wildman–Crippen LogP) is -2.83. The first-order valence-corrected chi connectivity index (χ1v) is 11.4. The van der Waals surface area contributed by atoms with Gasteiger partial charge in [-0.05, 0) is 39.4 Å². The largest absolute Gasteiger partial charge is 0.480 e. The molecule has 1 amide bonds. The van der Waals surface area contributed by atoms with Crippen LogP contribution in [0.4, 0.5) is 0 Å². The van der Waals surface area contributed by atoms with E-state index in [2.05, 4.69) is 10.0 Å². The molecule has 1 saturated carbocycles. The molecule has 4 atom stereocenters. The lowest BCUT2D eigenvalue weighted by molar-refractivity contribution is -0.144. The summed E-state index contributed by atoms with van der Waals surface area (Å²) in [7, 11) is -5.60. The molecule has 1 aliphatic heterocycles. The molecule has 2 fully saturated rings. The molecule has 0 aromatic carbocycles. The molecule has 9 N–H and O–H groups in total. The molecule has 14 heteroatoms. The Morgan fingerprint density at radius 1 is 1.30 bits per heavy atom. The van der Waals surface area contributed by atoms with Gasteiger partial charge in [0.1, 0.15) is 5.54 Å². The van der Waals surface area contributed by atoms with Crippen molar-refractivity contribution >= 4 is 29.2 Å². The maximum Gasteiger partial charge on any atom is 0.451 e. The van der Waals surface area contributed by atoms with E-state index in [0.29, 0.717) is 19.3 Å². The second-order valence-electron chi connectivity index (χ2n) is 8.53. The van der Waals surface area contributed by atoms with E-state index in [4.69, 9.17) is 21.5 Å². The van der Waals surface area contributed by atoms with Gasteiger partial charge in [-0.15, -0.1) is 0 Å². The first-order valence-electron chi connectivity index (χ1n) is 9.97. The molecule has 0 spiro atoms. The van der Waals surface area contributed by atoms with Crippen LogP contribution in [-0.2, 0) is 19.8 Å². The van der Waals surface area contributed by atoms with Crippen LogP contribution in [-0.4, -0.2) is 83.1 Å². The number of carboxylic acid groups (broad SMARTS) is 1. The maximum absolute atomic E-state index is 12.9. The summed E-state index contributed by atoms with van der Waals surface area (Å²) in [5.41, 5.74) is 9.12. The second-order valence-corrected chi connectivity index (χ2v) is 10.2. The van der Waals surface area contributed by atoms with E-state index in [1.54, 1.807) is 6.92 Å². The zero-order valence-corrected chi connectivity index (χ0v) is 18.1. The van der Waals surface area contributed by atoms with Crippen molar-refractivity contribution in [2.24, 2.45) is 17.4 Å². The highest BCUT2D eigenvalue weighted by Crippen LogP contribution is 2.39. The molecule has 2 aliphatic rings. The molecule has 30 heavy (non-hydrogen) atoms. The molecule has 12 nitrogen and oxygen atoms in total. The summed E-state index contributed by atoms with van der Waals surface area (Å²) >= 11 is 0. The Morgan fingerprint density at radius 2 is 1.90 bits per heavy atom. The number of nitrogens with zero attached hydrogens (tertiary/aromatic N) is 1. The van der Waals surface area contributed by atoms with Crippen LogP contribution in [0.5, 0.6) is 0 Å². The summed E-state index contributed by atoms with van der Waals surface area (Å²) in [6.07, 6.45) is 1.75. The van der Waals surface area contributed by atoms with Crippen LogP contribution in [0.15, 0.2) is 0 Å². The van der Waals surface area contributed by atoms with Gasteiger partial charge >= 0.3 is 13.1 Å². The highest BCUT2D eigenvalue weighted by Gasteiger charge is 2.54. The monoisotopic (exact) mass is 449 g/mol. The highest BCUT2D eigenvalue weighted by molar-refractivity contribution is 7.87. The fourth-order valence-corrected chi connectivity index (χ4v) is 5.37. The predicted molar refractivity (Wildman–Crippen MR) is 109 cm³/mol. The molecule has 0 aromatic heterocycles. The minimum Gasteiger partial charge on any atom is -0.480 e. The number of carboxylic acids is 1. The van der Waals surface area contributed by atoms with E-state index in [9.17, 15) is 23.1 Å². The van der Waals surface area contributed by atoms with Gasteiger partial charge in [-0.3, -0.25) is 9.59 Å². The van der Waals surface area contributed by atoms with Gasteiger partial charge in [-0.2, -0.15) is 17.4 Å². The van der Waals surface area contributed by atoms with E-state index in [0.717, 1.165) is 4.31 Å². The number of nitrogens with one attached hydrogen (secondary N) is 2. The van der Waals surface area contributed by atoms with E-state index in [1.807, 2.05) is 0 Å². The summed E-state index contributed by atoms with van der Waals surface area (Å²) in [4.78, 5) is 23.7. The number of nitrogens with two attached hydrogens (primary N) is 2. The number of aliphatic carboxylic acids is 1. The van der Waals surface area contributed by atoms with Crippen LogP contribution in [0.1, 0.15) is 39.5 Å². The van der Waals surface area contributed by atoms with Crippen LogP contribution in [0.25, 0.3) is 0 Å². The van der Waals surface area contributed by atoms with Gasteiger partial charge in [0.15, 0.2) is 0 Å². The third-order valence-corrected chi connectivity index (χ3v) is 7.68. The van der Waals surface area contributed by atoms with Gasteiger partial charge < -0.3 is 31.9 Å². The Morgan fingerprint density at radius 3 is 2.37 bits per heavy atom. The van der Waals surface area contributed by atoms with Crippen molar-refractivity contribution in [1.29, 1.82) is 0 Å². The van der Waals surface area contributed by atoms with Crippen LogP contribution < -0.4 is 21.5 Å². The van der Waals surface area contributed by atoms with E-state index >= 15 is 0 Å². The lowest BCUT2D eigenvalue weighted by atomic mass is 9.78. The Kier molecular flexibility index (Phi) is 7.55. The Hall–Kier alpha value is -1.29. The lowest BCUT2D eigenvalue weighted by Crippen LogP contribution is -2.58. The van der Waals surface area contributed by atoms with Gasteiger partial charge in [0, 0.05) is 25.0 Å². The summed E-state index contributed by atoms with van der Waals surface area (Å²) in [5, 5.41) is 30.3. The van der Waals surface area contributed by atoms with Gasteiger partial charge in [-0.25, -0.2) is 0 Å². The number of carbonyl (C=O) groups is 2. The standard InChI is InChI=1S/C16H32BN5O7S/c1-10(18)13(23)20-15(5-6-15)11(2)21-30(28,29)22-8-12(4-3-7-17(26)27)16(19,9-22)14(24)25/h10-12,21,26-27H,3-9,18-19H2,1-2H3,(H,20,23)(H,24,25)/t10-,11-,12-,16-/m0/s1. The summed E-state index contributed by atoms with van der Waals surface area (Å²) in [5.74, 6) is -2.38. The molecule has 1 aliphatic carbocycles. The third kappa shape index (κ3) is 5.49. The van der Waals surface area contributed by atoms with Gasteiger partial charge in [-0.1, -0.05) is 6.42 Å². The highest BCUT2D eigenvalue weighted by atomic mass is 32.2. The second kappa shape index (κ2) is 9.06. The topological polar surface area (TPSA) is 208 Å². The Labute approximate surface area is 176 Å². The van der Waals surface area contributed by atoms with Crippen molar-refractivity contribution in [3.63, 3.8) is 0 Å². The summed E-state index contributed by atoms with van der Waals surface area (Å²) < 4.78 is 29.4. The SMILES string of the molecule is C[C@H](N)C(=O)NC1([C@H](C)NS(=O)(=O)N2C[C@H](CCCB(O)O)[C@](N)(C(=O)O)C2)CC1. The lowest BCUT2D eigenvalue weighted by Gasteiger charge is -2.28. The minimum atomic E-state index is -4.08. The quantitative estimate of drug-likeness (QED) is 0.162. The Bertz CT molecular complexity index is 761. The first-order chi connectivity index (χ1) is 13.7. The molecule has 0 bridgehead atoms. The van der Waals surface area contributed by atoms with Gasteiger partial charge in [0.2, 0.25) is 5.91 Å². The molecule has 0 radical (unpaired) electrons. The fraction of sp³-hybridized carbons (Fsp3) is 0.875. The molecule has 0 unspecified atom stereocenters. The van der Waals surface area contributed by atoms with Crippen LogP contribution >= 0.6 is 0 Å². The van der Waals surface area contributed by atoms with E-state index in [1.165, 1.54) is 6.92 Å². The van der Waals surface area contributed by atoms with Crippen molar-refractivity contribution in [1.82, 2.24) is 14.3 Å². The average Bonchev–Trinajstić information content (AvgIpc) is 3.31. The number of hydrogen-bond acceptors (Lipinski definition) is 8. The van der Waals surface area contributed by atoms with Crippen molar-refractivity contribution in [2.75, 3.05) is 13.1 Å². The van der Waals surface area contributed by atoms with Crippen LogP contribution in [0.2, 0.25) is 6.32 Å². The van der Waals surface area contributed by atoms with E-state index < -0.39 is 58.9 Å². The molecule has 0 aromatic rings. The zero-order chi connectivity index (χ0) is 22.9. The van der Waals surface area contributed by atoms with Gasteiger partial charge in [0.25, 0.3) is 10.2 Å². The smallest absolute Gasteiger partial charge is 0.451 e. The van der Waals surface area contributed by atoms with E-state index in [-0.39, 0.29) is 25.2 Å². The Balaban J connectivity index is 2.08. The van der Waals surface area contributed by atoms with Crippen LogP contribution in [0.3, 0.4) is 0 Å². The molecular weight excluding hydrogens is 417 g/mol. The number of rotatable bonds is 11. The van der Waals surface area contributed by atoms with Crippen molar-refractivity contribution < 1.29 is 33.2 Å². The molecule has 2 rings (SSSR count). The number of amides is 1. The molecule has 172 valence electrons. The van der Waals surface area contributed by atoms with Crippen LogP contribution in [0, 0.1) is 5.92 Å². The molecular formula is C16H32BN5O7S. The minimum absolute atomic E-state index is 0.0377. The average molecular weight is 449 g/mol. The molecule has 1 heterocycles. The summed E-state index contributed by atoms with van der Waals surface area (Å²) in [6, 6.07) is -1.36. The van der Waals surface area contributed by atoms with Crippen molar-refractivity contribution in [3.05, 3.63) is 0 Å². The fourth-order valence-electron chi connectivity index (χ4n) is 3.79. The number of hydrogen-bond donors (Lipinski definition) is 7. The number of carbonyl (C=O) groups excluding carboxylic acids is 1. The van der Waals surface area contributed by atoms with Crippen molar-refractivity contribution in [2.45, 2.75) is 69.0 Å². The molecule has 1 saturated heterocycles. The first kappa shape index (κ1) is 25.0.